The van der Waals surface area contributed by atoms with Gasteiger partial charge in [-0.2, -0.15) is 8.42 Å². The minimum atomic E-state index is -4.08. The summed E-state index contributed by atoms with van der Waals surface area (Å²) in [4.78, 5) is 23.8. The maximum atomic E-state index is 12.5. The van der Waals surface area contributed by atoms with Crippen molar-refractivity contribution in [3.63, 3.8) is 0 Å². The lowest BCUT2D eigenvalue weighted by Crippen LogP contribution is -2.38. The SMILES string of the molecule is O=C(O[C@H]1C[C@H](OS(=O)(=O)c2ccc(Br)cc2)C[C@H](C(=O)O)C1)c1ccccc1. The van der Waals surface area contributed by atoms with E-state index >= 15 is 0 Å². The zero-order valence-corrected chi connectivity index (χ0v) is 17.6. The van der Waals surface area contributed by atoms with Gasteiger partial charge >= 0.3 is 11.9 Å². The number of aliphatic carboxylic acids is 1. The van der Waals surface area contributed by atoms with E-state index in [1.807, 2.05) is 0 Å². The number of carboxylic acid groups (broad SMARTS) is 1. The number of carboxylic acids is 1. The highest BCUT2D eigenvalue weighted by molar-refractivity contribution is 9.10. The van der Waals surface area contributed by atoms with E-state index in [9.17, 15) is 23.1 Å². The maximum Gasteiger partial charge on any atom is 0.338 e. The smallest absolute Gasteiger partial charge is 0.338 e. The van der Waals surface area contributed by atoms with Crippen molar-refractivity contribution in [2.75, 3.05) is 0 Å². The normalized spacial score (nSPS) is 22.0. The van der Waals surface area contributed by atoms with Crippen LogP contribution in [0.25, 0.3) is 0 Å². The zero-order chi connectivity index (χ0) is 21.0. The molecule has 7 nitrogen and oxygen atoms in total. The van der Waals surface area contributed by atoms with Gasteiger partial charge in [0, 0.05) is 10.9 Å². The summed E-state index contributed by atoms with van der Waals surface area (Å²) < 4.78 is 36.6. The summed E-state index contributed by atoms with van der Waals surface area (Å²) in [5.41, 5.74) is 0.338. The summed E-state index contributed by atoms with van der Waals surface area (Å²) in [5.74, 6) is -2.54. The third kappa shape index (κ3) is 5.65. The Labute approximate surface area is 176 Å². The Kier molecular flexibility index (Phi) is 6.71. The average Bonchev–Trinajstić information content (AvgIpc) is 2.68. The van der Waals surface area contributed by atoms with Crippen LogP contribution in [0.15, 0.2) is 64.0 Å². The van der Waals surface area contributed by atoms with Crippen molar-refractivity contribution < 1.29 is 32.0 Å². The summed E-state index contributed by atoms with van der Waals surface area (Å²) in [7, 11) is -4.08. The first kappa shape index (κ1) is 21.5. The second-order valence-corrected chi connectivity index (χ2v) is 9.25. The third-order valence-electron chi connectivity index (χ3n) is 4.62. The second kappa shape index (κ2) is 9.06. The van der Waals surface area contributed by atoms with Crippen LogP contribution in [0.1, 0.15) is 29.6 Å². The van der Waals surface area contributed by atoms with Crippen LogP contribution < -0.4 is 0 Å². The molecule has 9 heteroatoms. The van der Waals surface area contributed by atoms with E-state index in [0.29, 0.717) is 10.0 Å². The Morgan fingerprint density at radius 1 is 0.931 bits per heavy atom. The topological polar surface area (TPSA) is 107 Å². The fourth-order valence-corrected chi connectivity index (χ4v) is 4.58. The number of carbonyl (C=O) groups is 2. The quantitative estimate of drug-likeness (QED) is 0.494. The molecule has 0 heterocycles. The van der Waals surface area contributed by atoms with Crippen LogP contribution in [0.4, 0.5) is 0 Å². The molecule has 0 spiro atoms. The van der Waals surface area contributed by atoms with Crippen molar-refractivity contribution in [2.45, 2.75) is 36.4 Å². The Hall–Kier alpha value is -2.23. The molecule has 1 aliphatic carbocycles. The zero-order valence-electron chi connectivity index (χ0n) is 15.2. The third-order valence-corrected chi connectivity index (χ3v) is 6.52. The van der Waals surface area contributed by atoms with Crippen LogP contribution in [0.5, 0.6) is 0 Å². The van der Waals surface area contributed by atoms with Crippen molar-refractivity contribution in [1.29, 1.82) is 0 Å². The van der Waals surface area contributed by atoms with E-state index in [1.165, 1.54) is 12.1 Å². The number of hydrogen-bond donors (Lipinski definition) is 1. The molecular formula is C20H19BrO7S. The van der Waals surface area contributed by atoms with Gasteiger partial charge in [-0.05, 0) is 49.2 Å². The highest BCUT2D eigenvalue weighted by Crippen LogP contribution is 2.32. The van der Waals surface area contributed by atoms with Gasteiger partial charge in [0.15, 0.2) is 0 Å². The van der Waals surface area contributed by atoms with Crippen molar-refractivity contribution >= 4 is 38.0 Å². The van der Waals surface area contributed by atoms with Gasteiger partial charge in [-0.15, -0.1) is 0 Å². The van der Waals surface area contributed by atoms with Gasteiger partial charge in [-0.3, -0.25) is 8.98 Å². The first-order chi connectivity index (χ1) is 13.7. The van der Waals surface area contributed by atoms with Gasteiger partial charge in [0.25, 0.3) is 10.1 Å². The summed E-state index contributed by atoms with van der Waals surface area (Å²) >= 11 is 3.24. The molecule has 0 bridgehead atoms. The highest BCUT2D eigenvalue weighted by atomic mass is 79.9. The fourth-order valence-electron chi connectivity index (χ4n) is 3.22. The van der Waals surface area contributed by atoms with Gasteiger partial charge in [-0.1, -0.05) is 34.1 Å². The van der Waals surface area contributed by atoms with E-state index in [-0.39, 0.29) is 24.2 Å². The largest absolute Gasteiger partial charge is 0.481 e. The lowest BCUT2D eigenvalue weighted by molar-refractivity contribution is -0.146. The highest BCUT2D eigenvalue weighted by Gasteiger charge is 2.38. The van der Waals surface area contributed by atoms with Crippen molar-refractivity contribution in [2.24, 2.45) is 5.92 Å². The van der Waals surface area contributed by atoms with Crippen molar-refractivity contribution in [1.82, 2.24) is 0 Å². The number of benzene rings is 2. The van der Waals surface area contributed by atoms with Gasteiger partial charge in [0.2, 0.25) is 0 Å². The molecule has 2 aromatic rings. The Morgan fingerprint density at radius 3 is 2.17 bits per heavy atom. The molecule has 3 rings (SSSR count). The number of hydrogen-bond acceptors (Lipinski definition) is 6. The molecule has 1 aliphatic rings. The molecule has 2 aromatic carbocycles. The predicted octanol–water partition coefficient (Wildman–Crippen LogP) is 3.63. The first-order valence-corrected chi connectivity index (χ1v) is 11.1. The molecule has 154 valence electrons. The molecule has 0 saturated heterocycles. The Balaban J connectivity index is 1.73. The minimum absolute atomic E-state index is 0.0183. The van der Waals surface area contributed by atoms with Crippen molar-refractivity contribution in [3.8, 4) is 0 Å². The van der Waals surface area contributed by atoms with E-state index in [0.717, 1.165) is 0 Å². The number of ether oxygens (including phenoxy) is 1. The second-order valence-electron chi connectivity index (χ2n) is 6.76. The van der Waals surface area contributed by atoms with Crippen LogP contribution in [0.2, 0.25) is 0 Å². The molecule has 1 fully saturated rings. The van der Waals surface area contributed by atoms with Gasteiger partial charge in [0.05, 0.1) is 22.5 Å². The Morgan fingerprint density at radius 2 is 1.55 bits per heavy atom. The lowest BCUT2D eigenvalue weighted by Gasteiger charge is -2.32. The van der Waals surface area contributed by atoms with Crippen LogP contribution in [-0.2, 0) is 23.8 Å². The maximum absolute atomic E-state index is 12.5. The van der Waals surface area contributed by atoms with Crippen LogP contribution >= 0.6 is 15.9 Å². The molecule has 0 radical (unpaired) electrons. The van der Waals surface area contributed by atoms with E-state index in [4.69, 9.17) is 8.92 Å². The number of esters is 1. The fraction of sp³-hybridized carbons (Fsp3) is 0.300. The van der Waals surface area contributed by atoms with Gasteiger partial charge in [0.1, 0.15) is 6.10 Å². The van der Waals surface area contributed by atoms with E-state index < -0.39 is 40.2 Å². The average molecular weight is 483 g/mol. The van der Waals surface area contributed by atoms with E-state index in [1.54, 1.807) is 42.5 Å². The Bertz CT molecular complexity index is 974. The first-order valence-electron chi connectivity index (χ1n) is 8.92. The van der Waals surface area contributed by atoms with Gasteiger partial charge in [-0.25, -0.2) is 4.79 Å². The summed E-state index contributed by atoms with van der Waals surface area (Å²) in [6.45, 7) is 0. The number of rotatable bonds is 6. The molecule has 0 amide bonds. The van der Waals surface area contributed by atoms with E-state index in [2.05, 4.69) is 15.9 Å². The summed E-state index contributed by atoms with van der Waals surface area (Å²) in [5, 5.41) is 9.42. The van der Waals surface area contributed by atoms with Crippen LogP contribution in [0, 0.1) is 5.92 Å². The molecule has 3 atom stereocenters. The van der Waals surface area contributed by atoms with Gasteiger partial charge < -0.3 is 9.84 Å². The number of halogens is 1. The number of carbonyl (C=O) groups excluding carboxylic acids is 1. The summed E-state index contributed by atoms with van der Waals surface area (Å²) in [6.07, 6.45) is -1.45. The lowest BCUT2D eigenvalue weighted by atomic mass is 9.85. The standard InChI is InChI=1S/C20H19BrO7S/c21-15-6-8-18(9-7-15)29(25,26)28-17-11-14(19(22)23)10-16(12-17)27-20(24)13-4-2-1-3-5-13/h1-9,14,16-17H,10-12H2,(H,22,23)/t14-,16-,17-/m1/s1. The molecule has 29 heavy (non-hydrogen) atoms. The molecular weight excluding hydrogens is 464 g/mol. The predicted molar refractivity (Wildman–Crippen MR) is 107 cm³/mol. The molecule has 1 N–H and O–H groups in total. The van der Waals surface area contributed by atoms with Crippen LogP contribution in [-0.4, -0.2) is 37.7 Å². The molecule has 0 aliphatic heterocycles. The van der Waals surface area contributed by atoms with Crippen LogP contribution in [0.3, 0.4) is 0 Å². The monoisotopic (exact) mass is 482 g/mol. The van der Waals surface area contributed by atoms with Crippen molar-refractivity contribution in [3.05, 3.63) is 64.6 Å². The molecule has 0 unspecified atom stereocenters. The molecule has 1 saturated carbocycles. The summed E-state index contributed by atoms with van der Waals surface area (Å²) in [6, 6.07) is 14.2. The minimum Gasteiger partial charge on any atom is -0.481 e. The molecule has 0 aromatic heterocycles.